The van der Waals surface area contributed by atoms with E-state index in [0.717, 1.165) is 22.3 Å². The summed E-state index contributed by atoms with van der Waals surface area (Å²) in [6.07, 6.45) is 3.67. The van der Waals surface area contributed by atoms with Gasteiger partial charge in [-0.25, -0.2) is 9.78 Å². The average Bonchev–Trinajstić information content (AvgIpc) is 3.40. The number of hydrogen-bond donors (Lipinski definition) is 1. The number of fused-ring (bicyclic) bond motifs is 1. The lowest BCUT2D eigenvalue weighted by atomic mass is 10.1. The van der Waals surface area contributed by atoms with E-state index < -0.39 is 17.9 Å². The molecule has 5 rings (SSSR count). The molecule has 0 spiro atoms. The van der Waals surface area contributed by atoms with Crippen molar-refractivity contribution in [3.63, 3.8) is 0 Å². The van der Waals surface area contributed by atoms with Gasteiger partial charge in [0, 0.05) is 34.4 Å². The predicted molar refractivity (Wildman–Crippen MR) is 155 cm³/mol. The van der Waals surface area contributed by atoms with Gasteiger partial charge in [0.25, 0.3) is 5.91 Å². The number of rotatable bonds is 9. The summed E-state index contributed by atoms with van der Waals surface area (Å²) in [7, 11) is 1.29. The first-order chi connectivity index (χ1) is 19.4. The monoisotopic (exact) mass is 573 g/mol. The van der Waals surface area contributed by atoms with Gasteiger partial charge in [-0.15, -0.1) is 0 Å². The van der Waals surface area contributed by atoms with Crippen molar-refractivity contribution in [3.8, 4) is 16.9 Å². The molecule has 0 bridgehead atoms. The number of nitrogens with zero attached hydrogens (tertiary/aromatic N) is 2. The van der Waals surface area contributed by atoms with Crippen LogP contribution in [0.1, 0.15) is 21.6 Å². The van der Waals surface area contributed by atoms with Crippen molar-refractivity contribution in [3.05, 3.63) is 124 Å². The number of amides is 1. The second kappa shape index (κ2) is 12.2. The van der Waals surface area contributed by atoms with E-state index in [1.54, 1.807) is 28.8 Å². The molecule has 202 valence electrons. The number of nitrogens with one attached hydrogen (secondary N) is 1. The van der Waals surface area contributed by atoms with Crippen LogP contribution in [0.2, 0.25) is 10.0 Å². The maximum absolute atomic E-state index is 13.1. The van der Waals surface area contributed by atoms with Gasteiger partial charge in [-0.05, 0) is 53.1 Å². The van der Waals surface area contributed by atoms with Crippen LogP contribution in [0.3, 0.4) is 0 Å². The van der Waals surface area contributed by atoms with Gasteiger partial charge in [-0.2, -0.15) is 0 Å². The summed E-state index contributed by atoms with van der Waals surface area (Å²) in [4.78, 5) is 30.0. The minimum Gasteiger partial charge on any atom is -0.489 e. The van der Waals surface area contributed by atoms with Crippen molar-refractivity contribution >= 4 is 40.7 Å². The van der Waals surface area contributed by atoms with Crippen molar-refractivity contribution in [2.24, 2.45) is 0 Å². The van der Waals surface area contributed by atoms with E-state index in [1.807, 2.05) is 72.9 Å². The Morgan fingerprint density at radius 1 is 0.925 bits per heavy atom. The normalized spacial score (nSPS) is 11.7. The summed E-state index contributed by atoms with van der Waals surface area (Å²) in [5, 5.41) is 3.82. The SMILES string of the molecule is COC(=O)[C@H](Cc1ccc(OCc2ccccc2)cc1)NC(=O)c1cn2cc(-c3ccc(Cl)cc3Cl)ccc2n1. The fourth-order valence-electron chi connectivity index (χ4n) is 4.25. The van der Waals surface area contributed by atoms with Crippen molar-refractivity contribution in [1.82, 2.24) is 14.7 Å². The number of aromatic nitrogens is 2. The summed E-state index contributed by atoms with van der Waals surface area (Å²) >= 11 is 12.4. The van der Waals surface area contributed by atoms with Gasteiger partial charge in [0.15, 0.2) is 0 Å². The van der Waals surface area contributed by atoms with E-state index in [0.29, 0.717) is 28.0 Å². The third-order valence-electron chi connectivity index (χ3n) is 6.33. The molecule has 2 aromatic heterocycles. The number of ether oxygens (including phenoxy) is 2. The molecule has 0 aliphatic carbocycles. The Bertz CT molecular complexity index is 1650. The zero-order valence-electron chi connectivity index (χ0n) is 21.5. The summed E-state index contributed by atoms with van der Waals surface area (Å²) < 4.78 is 12.5. The number of imidazole rings is 1. The lowest BCUT2D eigenvalue weighted by Crippen LogP contribution is -2.43. The number of halogens is 2. The minimum atomic E-state index is -0.901. The lowest BCUT2D eigenvalue weighted by molar-refractivity contribution is -0.142. The predicted octanol–water partition coefficient (Wildman–Crippen LogP) is 6.40. The highest BCUT2D eigenvalue weighted by Crippen LogP contribution is 2.30. The molecule has 1 amide bonds. The number of methoxy groups -OCH3 is 1. The third-order valence-corrected chi connectivity index (χ3v) is 6.88. The maximum Gasteiger partial charge on any atom is 0.328 e. The zero-order chi connectivity index (χ0) is 28.1. The zero-order valence-corrected chi connectivity index (χ0v) is 23.0. The minimum absolute atomic E-state index is 0.165. The second-order valence-corrected chi connectivity index (χ2v) is 9.95. The maximum atomic E-state index is 13.1. The van der Waals surface area contributed by atoms with Gasteiger partial charge < -0.3 is 19.2 Å². The lowest BCUT2D eigenvalue weighted by Gasteiger charge is -2.16. The van der Waals surface area contributed by atoms with Gasteiger partial charge >= 0.3 is 5.97 Å². The molecule has 0 radical (unpaired) electrons. The first-order valence-corrected chi connectivity index (χ1v) is 13.2. The van der Waals surface area contributed by atoms with Crippen LogP contribution >= 0.6 is 23.2 Å². The molecule has 9 heteroatoms. The van der Waals surface area contributed by atoms with Gasteiger partial charge in [0.1, 0.15) is 29.7 Å². The van der Waals surface area contributed by atoms with Gasteiger partial charge in [0.2, 0.25) is 0 Å². The van der Waals surface area contributed by atoms with Crippen molar-refractivity contribution < 1.29 is 19.1 Å². The highest BCUT2D eigenvalue weighted by atomic mass is 35.5. The van der Waals surface area contributed by atoms with Crippen molar-refractivity contribution in [2.45, 2.75) is 19.1 Å². The molecular formula is C31H25Cl2N3O4. The smallest absolute Gasteiger partial charge is 0.328 e. The number of esters is 1. The van der Waals surface area contributed by atoms with Gasteiger partial charge in [0.05, 0.1) is 7.11 Å². The van der Waals surface area contributed by atoms with Crippen LogP contribution in [0.25, 0.3) is 16.8 Å². The largest absolute Gasteiger partial charge is 0.489 e. The molecule has 0 fully saturated rings. The van der Waals surface area contributed by atoms with Crippen molar-refractivity contribution in [2.75, 3.05) is 7.11 Å². The molecule has 40 heavy (non-hydrogen) atoms. The van der Waals surface area contributed by atoms with E-state index in [9.17, 15) is 9.59 Å². The molecule has 0 unspecified atom stereocenters. The Labute approximate surface area is 241 Å². The standard InChI is InChI=1S/C31H25Cl2N3O4/c1-39-31(38)27(15-20-7-11-24(12-8-20)40-19-21-5-3-2-4-6-21)35-30(37)28-18-36-17-22(9-14-29(36)34-28)25-13-10-23(32)16-26(25)33/h2-14,16-18,27H,15,19H2,1H3,(H,35,37)/t27-/m0/s1. The van der Waals surface area contributed by atoms with Gasteiger partial charge in [-0.3, -0.25) is 4.79 Å². The van der Waals surface area contributed by atoms with Gasteiger partial charge in [-0.1, -0.05) is 71.7 Å². The fourth-order valence-corrected chi connectivity index (χ4v) is 4.77. The highest BCUT2D eigenvalue weighted by molar-refractivity contribution is 6.36. The third kappa shape index (κ3) is 6.45. The number of carbonyl (C=O) groups is 2. The van der Waals surface area contributed by atoms with Crippen LogP contribution in [-0.2, 0) is 22.6 Å². The molecule has 0 aliphatic heterocycles. The molecule has 0 saturated heterocycles. The Morgan fingerprint density at radius 2 is 1.70 bits per heavy atom. The van der Waals surface area contributed by atoms with Crippen LogP contribution in [0.5, 0.6) is 5.75 Å². The summed E-state index contributed by atoms with van der Waals surface area (Å²) in [5.41, 5.74) is 4.27. The quantitative estimate of drug-likeness (QED) is 0.206. The summed E-state index contributed by atoms with van der Waals surface area (Å²) in [5.74, 6) is -0.343. The van der Waals surface area contributed by atoms with E-state index in [-0.39, 0.29) is 12.1 Å². The molecule has 7 nitrogen and oxygen atoms in total. The molecule has 5 aromatic rings. The summed E-state index contributed by atoms with van der Waals surface area (Å²) in [6, 6.07) is 25.3. The Kier molecular flexibility index (Phi) is 8.34. The van der Waals surface area contributed by atoms with Crippen LogP contribution in [0, 0.1) is 0 Å². The van der Waals surface area contributed by atoms with Crippen LogP contribution < -0.4 is 10.1 Å². The number of pyridine rings is 1. The van der Waals surface area contributed by atoms with E-state index >= 15 is 0 Å². The topological polar surface area (TPSA) is 81.9 Å². The average molecular weight is 574 g/mol. The molecule has 3 aromatic carbocycles. The molecule has 1 atom stereocenters. The van der Waals surface area contributed by atoms with E-state index in [4.69, 9.17) is 32.7 Å². The Hall–Kier alpha value is -4.33. The highest BCUT2D eigenvalue weighted by Gasteiger charge is 2.24. The summed E-state index contributed by atoms with van der Waals surface area (Å²) in [6.45, 7) is 0.453. The van der Waals surface area contributed by atoms with E-state index in [2.05, 4.69) is 10.3 Å². The van der Waals surface area contributed by atoms with Crippen molar-refractivity contribution in [1.29, 1.82) is 0 Å². The molecule has 1 N–H and O–H groups in total. The van der Waals surface area contributed by atoms with Crippen LogP contribution in [-0.4, -0.2) is 34.4 Å². The molecule has 2 heterocycles. The van der Waals surface area contributed by atoms with E-state index in [1.165, 1.54) is 7.11 Å². The number of hydrogen-bond acceptors (Lipinski definition) is 5. The first kappa shape index (κ1) is 27.2. The first-order valence-electron chi connectivity index (χ1n) is 12.5. The molecule has 0 aliphatic rings. The van der Waals surface area contributed by atoms with Crippen LogP contribution in [0.4, 0.5) is 0 Å². The Morgan fingerprint density at radius 3 is 2.42 bits per heavy atom. The second-order valence-electron chi connectivity index (χ2n) is 9.11. The number of carbonyl (C=O) groups excluding carboxylic acids is 2. The fraction of sp³-hybridized carbons (Fsp3) is 0.129. The molecular weight excluding hydrogens is 549 g/mol. The Balaban J connectivity index is 1.27. The molecule has 0 saturated carbocycles. The number of benzene rings is 3. The van der Waals surface area contributed by atoms with Crippen LogP contribution in [0.15, 0.2) is 97.3 Å².